The number of halogens is 1. The maximum atomic E-state index is 14.3. The third-order valence-electron chi connectivity index (χ3n) is 4.84. The molecule has 118 valence electrons. The van der Waals surface area contributed by atoms with E-state index in [0.717, 1.165) is 57.0 Å². The molecule has 1 atom stereocenters. The molecule has 0 aliphatic carbocycles. The lowest BCUT2D eigenvalue weighted by atomic mass is 9.96. The number of aromatic nitrogens is 3. The van der Waals surface area contributed by atoms with Crippen LogP contribution >= 0.6 is 0 Å². The minimum absolute atomic E-state index is 0.290. The Kier molecular flexibility index (Phi) is 3.49. The predicted octanol–water partition coefficient (Wildman–Crippen LogP) is 2.62. The van der Waals surface area contributed by atoms with Gasteiger partial charge in [0.1, 0.15) is 17.5 Å². The minimum atomic E-state index is -0.323. The first-order valence-corrected chi connectivity index (χ1v) is 8.13. The average Bonchev–Trinajstić information content (AvgIpc) is 3.18. The fourth-order valence-corrected chi connectivity index (χ4v) is 3.71. The first-order chi connectivity index (χ1) is 11.3. The van der Waals surface area contributed by atoms with Crippen LogP contribution in [0.3, 0.4) is 0 Å². The zero-order valence-corrected chi connectivity index (χ0v) is 12.9. The summed E-state index contributed by atoms with van der Waals surface area (Å²) >= 11 is 0. The highest BCUT2D eigenvalue weighted by molar-refractivity contribution is 5.51. The predicted molar refractivity (Wildman–Crippen MR) is 83.6 cm³/mol. The SMILES string of the molecule is N#Cc1ccc(N2CCCC(c3nnc4n3CCC4)C2)c(F)c1. The first-order valence-electron chi connectivity index (χ1n) is 8.13. The molecule has 2 aliphatic rings. The molecule has 0 bridgehead atoms. The van der Waals surface area contributed by atoms with Gasteiger partial charge >= 0.3 is 0 Å². The van der Waals surface area contributed by atoms with Crippen molar-refractivity contribution in [2.75, 3.05) is 18.0 Å². The number of aryl methyl sites for hydroxylation is 1. The van der Waals surface area contributed by atoms with Crippen molar-refractivity contribution in [1.29, 1.82) is 5.26 Å². The molecule has 1 aromatic carbocycles. The number of nitriles is 1. The monoisotopic (exact) mass is 311 g/mol. The van der Waals surface area contributed by atoms with E-state index in [0.29, 0.717) is 11.3 Å². The Morgan fingerprint density at radius 3 is 2.96 bits per heavy atom. The Labute approximate surface area is 134 Å². The topological polar surface area (TPSA) is 57.7 Å². The van der Waals surface area contributed by atoms with Gasteiger partial charge in [-0.25, -0.2) is 4.39 Å². The molecule has 2 aliphatic heterocycles. The quantitative estimate of drug-likeness (QED) is 0.855. The van der Waals surface area contributed by atoms with E-state index in [1.165, 1.54) is 6.07 Å². The van der Waals surface area contributed by atoms with Crippen LogP contribution in [0.15, 0.2) is 18.2 Å². The molecule has 1 aromatic heterocycles. The number of benzene rings is 1. The van der Waals surface area contributed by atoms with Gasteiger partial charge in [-0.05, 0) is 37.5 Å². The number of hydrogen-bond acceptors (Lipinski definition) is 4. The molecule has 0 amide bonds. The molecule has 1 unspecified atom stereocenters. The van der Waals surface area contributed by atoms with Crippen molar-refractivity contribution in [3.63, 3.8) is 0 Å². The van der Waals surface area contributed by atoms with Crippen LogP contribution in [0.5, 0.6) is 0 Å². The number of rotatable bonds is 2. The molecule has 3 heterocycles. The zero-order chi connectivity index (χ0) is 15.8. The summed E-state index contributed by atoms with van der Waals surface area (Å²) in [4.78, 5) is 2.07. The Morgan fingerprint density at radius 2 is 2.13 bits per heavy atom. The molecule has 1 fully saturated rings. The maximum absolute atomic E-state index is 14.3. The third kappa shape index (κ3) is 2.46. The first kappa shape index (κ1) is 14.2. The standard InChI is InChI=1S/C17H18FN5/c18-14-9-12(10-19)5-6-15(14)22-7-1-3-13(11-22)17-21-20-16-4-2-8-23(16)17/h5-6,9,13H,1-4,7-8,11H2. The van der Waals surface area contributed by atoms with Gasteiger partial charge in [0, 0.05) is 32.0 Å². The van der Waals surface area contributed by atoms with Crippen LogP contribution < -0.4 is 4.90 Å². The van der Waals surface area contributed by atoms with Gasteiger partial charge in [-0.15, -0.1) is 10.2 Å². The van der Waals surface area contributed by atoms with E-state index in [1.807, 2.05) is 6.07 Å². The Morgan fingerprint density at radius 1 is 1.22 bits per heavy atom. The van der Waals surface area contributed by atoms with Gasteiger partial charge in [0.25, 0.3) is 0 Å². The van der Waals surface area contributed by atoms with Gasteiger partial charge < -0.3 is 9.47 Å². The summed E-state index contributed by atoms with van der Waals surface area (Å²) in [6, 6.07) is 6.68. The van der Waals surface area contributed by atoms with Gasteiger partial charge in [-0.3, -0.25) is 0 Å². The van der Waals surface area contributed by atoms with E-state index in [-0.39, 0.29) is 11.7 Å². The molecule has 2 aromatic rings. The van der Waals surface area contributed by atoms with Crippen LogP contribution in [0.2, 0.25) is 0 Å². The fraction of sp³-hybridized carbons (Fsp3) is 0.471. The van der Waals surface area contributed by atoms with Crippen LogP contribution in [0, 0.1) is 17.1 Å². The largest absolute Gasteiger partial charge is 0.368 e. The number of anilines is 1. The molecule has 0 radical (unpaired) electrons. The second kappa shape index (κ2) is 5.65. The highest BCUT2D eigenvalue weighted by Crippen LogP contribution is 2.32. The molecule has 0 N–H and O–H groups in total. The van der Waals surface area contributed by atoms with Crippen LogP contribution in [-0.2, 0) is 13.0 Å². The van der Waals surface area contributed by atoms with Crippen molar-refractivity contribution in [1.82, 2.24) is 14.8 Å². The molecule has 0 saturated carbocycles. The zero-order valence-electron chi connectivity index (χ0n) is 12.9. The second-order valence-electron chi connectivity index (χ2n) is 6.29. The molecular formula is C17H18FN5. The lowest BCUT2D eigenvalue weighted by Gasteiger charge is -2.34. The Bertz CT molecular complexity index is 776. The highest BCUT2D eigenvalue weighted by Gasteiger charge is 2.29. The summed E-state index contributed by atoms with van der Waals surface area (Å²) in [5, 5.41) is 17.6. The molecule has 1 saturated heterocycles. The van der Waals surface area contributed by atoms with Gasteiger partial charge in [0.05, 0.1) is 17.3 Å². The van der Waals surface area contributed by atoms with E-state index in [1.54, 1.807) is 12.1 Å². The summed E-state index contributed by atoms with van der Waals surface area (Å²) in [5.41, 5.74) is 0.935. The van der Waals surface area contributed by atoms with Crippen LogP contribution in [0.4, 0.5) is 10.1 Å². The summed E-state index contributed by atoms with van der Waals surface area (Å²) in [6.07, 6.45) is 4.21. The molecule has 0 spiro atoms. The van der Waals surface area contributed by atoms with E-state index >= 15 is 0 Å². The van der Waals surface area contributed by atoms with Crippen molar-refractivity contribution in [3.8, 4) is 6.07 Å². The van der Waals surface area contributed by atoms with E-state index in [4.69, 9.17) is 5.26 Å². The average molecular weight is 311 g/mol. The molecular weight excluding hydrogens is 293 g/mol. The second-order valence-corrected chi connectivity index (χ2v) is 6.29. The summed E-state index contributed by atoms with van der Waals surface area (Å²) in [6.45, 7) is 2.58. The summed E-state index contributed by atoms with van der Waals surface area (Å²) < 4.78 is 16.5. The summed E-state index contributed by atoms with van der Waals surface area (Å²) in [5.74, 6) is 2.10. The van der Waals surface area contributed by atoms with Crippen molar-refractivity contribution < 1.29 is 4.39 Å². The van der Waals surface area contributed by atoms with Crippen molar-refractivity contribution >= 4 is 5.69 Å². The van der Waals surface area contributed by atoms with Gasteiger partial charge in [-0.2, -0.15) is 5.26 Å². The number of fused-ring (bicyclic) bond motifs is 1. The molecule has 6 heteroatoms. The number of piperidine rings is 1. The number of nitrogens with zero attached hydrogens (tertiary/aromatic N) is 5. The fourth-order valence-electron chi connectivity index (χ4n) is 3.71. The minimum Gasteiger partial charge on any atom is -0.368 e. The van der Waals surface area contributed by atoms with Gasteiger partial charge in [0.2, 0.25) is 0 Å². The van der Waals surface area contributed by atoms with E-state index < -0.39 is 0 Å². The van der Waals surface area contributed by atoms with E-state index in [9.17, 15) is 4.39 Å². The highest BCUT2D eigenvalue weighted by atomic mass is 19.1. The van der Waals surface area contributed by atoms with Crippen LogP contribution in [0.1, 0.15) is 42.4 Å². The third-order valence-corrected chi connectivity index (χ3v) is 4.84. The van der Waals surface area contributed by atoms with Gasteiger partial charge in [-0.1, -0.05) is 0 Å². The summed E-state index contributed by atoms with van der Waals surface area (Å²) in [7, 11) is 0. The molecule has 4 rings (SSSR count). The lowest BCUT2D eigenvalue weighted by Crippen LogP contribution is -2.36. The van der Waals surface area contributed by atoms with Crippen molar-refractivity contribution in [3.05, 3.63) is 41.2 Å². The van der Waals surface area contributed by atoms with Crippen LogP contribution in [-0.4, -0.2) is 27.9 Å². The molecule has 23 heavy (non-hydrogen) atoms. The van der Waals surface area contributed by atoms with Crippen molar-refractivity contribution in [2.24, 2.45) is 0 Å². The normalized spacial score (nSPS) is 20.3. The van der Waals surface area contributed by atoms with Crippen molar-refractivity contribution in [2.45, 2.75) is 38.1 Å². The lowest BCUT2D eigenvalue weighted by molar-refractivity contribution is 0.468. The Balaban J connectivity index is 1.59. The smallest absolute Gasteiger partial charge is 0.147 e. The maximum Gasteiger partial charge on any atom is 0.147 e. The van der Waals surface area contributed by atoms with Gasteiger partial charge in [0.15, 0.2) is 0 Å². The Hall–Kier alpha value is -2.42. The molecule has 5 nitrogen and oxygen atoms in total. The van der Waals surface area contributed by atoms with Crippen LogP contribution in [0.25, 0.3) is 0 Å². The number of hydrogen-bond donors (Lipinski definition) is 0. The van der Waals surface area contributed by atoms with E-state index in [2.05, 4.69) is 19.7 Å².